The van der Waals surface area contributed by atoms with Gasteiger partial charge in [0.1, 0.15) is 0 Å². The number of hydrogen-bond acceptors (Lipinski definition) is 0. The second-order valence-corrected chi connectivity index (χ2v) is 4.44. The van der Waals surface area contributed by atoms with Crippen LogP contribution < -0.4 is 103 Å². The predicted octanol–water partition coefficient (Wildman–Crippen LogP) is 0.156. The predicted molar refractivity (Wildman–Crippen MR) is 44.0 cm³/mol. The Bertz CT molecular complexity index is 489. The molecule has 0 amide bonds. The molecule has 0 atom stereocenters. The van der Waals surface area contributed by atoms with Crippen LogP contribution in [0, 0.1) is 0 Å². The van der Waals surface area contributed by atoms with Crippen molar-refractivity contribution in [1.29, 1.82) is 0 Å². The van der Waals surface area contributed by atoms with E-state index in [1.165, 1.54) is 0 Å². The number of alkyl halides is 18. The van der Waals surface area contributed by atoms with E-state index >= 15 is 0 Å². The van der Waals surface area contributed by atoms with Crippen LogP contribution in [-0.4, -0.2) is 47.9 Å². The standard InChI is InChI=1S/C8F18.2K.2H/c9-1(10,3(13,14)5(17,18)7(21,22)23)2(11,12)4(15,16)6(19,20)8(24,25)26;;;;/q;2*+1;2*-1. The first-order valence-electron chi connectivity index (χ1n) is 5.15. The van der Waals surface area contributed by atoms with Gasteiger partial charge in [0.05, 0.1) is 0 Å². The van der Waals surface area contributed by atoms with Gasteiger partial charge >= 0.3 is 151 Å². The Labute approximate surface area is 229 Å². The summed E-state index contributed by atoms with van der Waals surface area (Å²) in [6.45, 7) is 0. The minimum absolute atomic E-state index is 0. The zero-order chi connectivity index (χ0) is 22.0. The van der Waals surface area contributed by atoms with E-state index in [0.29, 0.717) is 0 Å². The number of rotatable bonds is 5. The Hall–Kier alpha value is 2.01. The van der Waals surface area contributed by atoms with Crippen molar-refractivity contribution in [2.45, 2.75) is 47.9 Å². The first kappa shape index (κ1) is 34.6. The monoisotopic (exact) mass is 518 g/mol. The molecule has 0 spiro atoms. The van der Waals surface area contributed by atoms with Crippen molar-refractivity contribution in [3.05, 3.63) is 0 Å². The maximum Gasteiger partial charge on any atom is 1.00 e. The van der Waals surface area contributed by atoms with Crippen LogP contribution in [0.3, 0.4) is 0 Å². The summed E-state index contributed by atoms with van der Waals surface area (Å²) in [6, 6.07) is 0. The summed E-state index contributed by atoms with van der Waals surface area (Å²) in [6.07, 6.45) is -15.6. The molecule has 0 rings (SSSR count). The Morgan fingerprint density at radius 1 is 0.250 bits per heavy atom. The summed E-state index contributed by atoms with van der Waals surface area (Å²) in [5, 5.41) is 0. The third-order valence-electron chi connectivity index (χ3n) is 2.68. The molecule has 0 bridgehead atoms. The molecule has 0 aliphatic rings. The Morgan fingerprint density at radius 3 is 0.464 bits per heavy atom. The molecule has 0 aromatic heterocycles. The van der Waals surface area contributed by atoms with E-state index in [-0.39, 0.29) is 106 Å². The van der Waals surface area contributed by atoms with E-state index in [4.69, 9.17) is 0 Å². The van der Waals surface area contributed by atoms with E-state index in [9.17, 15) is 79.0 Å². The van der Waals surface area contributed by atoms with Gasteiger partial charge in [0.15, 0.2) is 0 Å². The van der Waals surface area contributed by atoms with Gasteiger partial charge in [-0.1, -0.05) is 0 Å². The van der Waals surface area contributed by atoms with Crippen molar-refractivity contribution in [2.75, 3.05) is 0 Å². The molecule has 0 heterocycles. The first-order chi connectivity index (χ1) is 10.8. The molecule has 0 nitrogen and oxygen atoms in total. The van der Waals surface area contributed by atoms with Gasteiger partial charge < -0.3 is 2.85 Å². The van der Waals surface area contributed by atoms with Crippen molar-refractivity contribution in [2.24, 2.45) is 0 Å². The average Bonchev–Trinajstić information content (AvgIpc) is 2.34. The second kappa shape index (κ2) is 9.10. The molecule has 0 aliphatic carbocycles. The summed E-state index contributed by atoms with van der Waals surface area (Å²) < 4.78 is 221. The summed E-state index contributed by atoms with van der Waals surface area (Å²) in [7, 11) is 0. The van der Waals surface area contributed by atoms with Gasteiger partial charge in [0, 0.05) is 0 Å². The molecule has 0 aliphatic heterocycles. The molecule has 0 aromatic rings. The quantitative estimate of drug-likeness (QED) is 0.360. The molecule has 162 valence electrons. The molecule has 0 fully saturated rings. The maximum atomic E-state index is 12.8. The van der Waals surface area contributed by atoms with Crippen LogP contribution >= 0.6 is 0 Å². The van der Waals surface area contributed by atoms with Crippen molar-refractivity contribution in [3.8, 4) is 0 Å². The fourth-order valence-corrected chi connectivity index (χ4v) is 1.14. The fourth-order valence-electron chi connectivity index (χ4n) is 1.14. The maximum absolute atomic E-state index is 12.8. The van der Waals surface area contributed by atoms with E-state index in [1.54, 1.807) is 0 Å². The topological polar surface area (TPSA) is 0 Å². The first-order valence-corrected chi connectivity index (χ1v) is 5.15. The average molecular weight is 518 g/mol. The Balaban J connectivity index is -0.000000521. The minimum Gasteiger partial charge on any atom is -1.00 e. The van der Waals surface area contributed by atoms with Crippen molar-refractivity contribution in [1.82, 2.24) is 0 Å². The molecule has 28 heavy (non-hydrogen) atoms. The van der Waals surface area contributed by atoms with Gasteiger partial charge in [-0.05, 0) is 0 Å². The van der Waals surface area contributed by atoms with Gasteiger partial charge in [-0.3, -0.25) is 0 Å². The fraction of sp³-hybridized carbons (Fsp3) is 1.00. The molecule has 20 heteroatoms. The normalized spacial score (nSPS) is 15.6. The van der Waals surface area contributed by atoms with Crippen molar-refractivity contribution < 1.29 is 185 Å². The minimum atomic E-state index is -8.72. The van der Waals surface area contributed by atoms with Crippen LogP contribution in [0.5, 0.6) is 0 Å². The van der Waals surface area contributed by atoms with Gasteiger partial charge in [0.2, 0.25) is 0 Å². The second-order valence-electron chi connectivity index (χ2n) is 4.44. The zero-order valence-electron chi connectivity index (χ0n) is 14.8. The zero-order valence-corrected chi connectivity index (χ0v) is 19.0. The van der Waals surface area contributed by atoms with Gasteiger partial charge in [-0.25, -0.2) is 0 Å². The van der Waals surface area contributed by atoms with Crippen LogP contribution in [0.25, 0.3) is 0 Å². The van der Waals surface area contributed by atoms with Crippen LogP contribution in [0.2, 0.25) is 0 Å². The van der Waals surface area contributed by atoms with Gasteiger partial charge in [-0.15, -0.1) is 0 Å². The summed E-state index contributed by atoms with van der Waals surface area (Å²) in [4.78, 5) is 0. The van der Waals surface area contributed by atoms with E-state index in [0.717, 1.165) is 0 Å². The molecule has 0 aromatic carbocycles. The smallest absolute Gasteiger partial charge is 1.00 e. The van der Waals surface area contributed by atoms with Crippen molar-refractivity contribution in [3.63, 3.8) is 0 Å². The molecule has 0 unspecified atom stereocenters. The summed E-state index contributed by atoms with van der Waals surface area (Å²) >= 11 is 0. The molecular formula is C8H2F18K2. The van der Waals surface area contributed by atoms with Crippen LogP contribution in [0.1, 0.15) is 2.85 Å². The van der Waals surface area contributed by atoms with Gasteiger partial charge in [-0.2, -0.15) is 79.0 Å². The molecule has 0 radical (unpaired) electrons. The van der Waals surface area contributed by atoms with Crippen molar-refractivity contribution >= 4 is 0 Å². The largest absolute Gasteiger partial charge is 1.00 e. The number of halogens is 18. The summed E-state index contributed by atoms with van der Waals surface area (Å²) in [5.74, 6) is -51.0. The molecule has 0 saturated carbocycles. The van der Waals surface area contributed by atoms with Gasteiger partial charge in [0.25, 0.3) is 0 Å². The molecular weight excluding hydrogens is 516 g/mol. The Morgan fingerprint density at radius 2 is 0.357 bits per heavy atom. The van der Waals surface area contributed by atoms with E-state index < -0.39 is 47.9 Å². The SMILES string of the molecule is FC(F)(F)C(F)(F)C(F)(F)C(F)(F)C(F)(F)C(F)(F)C(F)(F)C(F)(F)F.[H-].[H-].[K+].[K+]. The Kier molecular flexibility index (Phi) is 11.3. The van der Waals surface area contributed by atoms with E-state index in [1.807, 2.05) is 0 Å². The molecule has 0 saturated heterocycles. The van der Waals surface area contributed by atoms with Crippen LogP contribution in [0.15, 0.2) is 0 Å². The summed E-state index contributed by atoms with van der Waals surface area (Å²) in [5.41, 5.74) is 0. The third kappa shape index (κ3) is 4.84. The number of hydrogen-bond donors (Lipinski definition) is 0. The van der Waals surface area contributed by atoms with Crippen LogP contribution in [-0.2, 0) is 0 Å². The van der Waals surface area contributed by atoms with E-state index in [2.05, 4.69) is 0 Å². The van der Waals surface area contributed by atoms with Crippen LogP contribution in [0.4, 0.5) is 79.0 Å². The third-order valence-corrected chi connectivity index (χ3v) is 2.68. The molecule has 0 N–H and O–H groups in total.